The maximum absolute atomic E-state index is 5.78. The minimum Gasteiger partial charge on any atom is -0.487 e. The van der Waals surface area contributed by atoms with Gasteiger partial charge in [0.1, 0.15) is 12.4 Å². The van der Waals surface area contributed by atoms with Crippen LogP contribution in [0.25, 0.3) is 0 Å². The summed E-state index contributed by atoms with van der Waals surface area (Å²) in [6, 6.07) is 14.0. The van der Waals surface area contributed by atoms with E-state index in [9.17, 15) is 0 Å². The van der Waals surface area contributed by atoms with Gasteiger partial charge in [0.25, 0.3) is 0 Å². The molecule has 0 amide bonds. The summed E-state index contributed by atoms with van der Waals surface area (Å²) in [5.74, 6) is 2.38. The number of pyridine rings is 1. The van der Waals surface area contributed by atoms with Crippen LogP contribution < -0.4 is 10.1 Å². The normalized spacial score (nSPS) is 16.6. The minimum absolute atomic E-state index is 0. The van der Waals surface area contributed by atoms with Gasteiger partial charge in [0.15, 0.2) is 5.96 Å². The van der Waals surface area contributed by atoms with Gasteiger partial charge in [-0.3, -0.25) is 9.98 Å². The highest BCUT2D eigenvalue weighted by Crippen LogP contribution is 2.17. The topological polar surface area (TPSA) is 59.0 Å². The fourth-order valence-electron chi connectivity index (χ4n) is 3.25. The first-order valence-electron chi connectivity index (χ1n) is 9.34. The third-order valence-corrected chi connectivity index (χ3v) is 4.69. The average Bonchev–Trinajstić information content (AvgIpc) is 3.17. The van der Waals surface area contributed by atoms with E-state index in [0.29, 0.717) is 12.5 Å². The fourth-order valence-corrected chi connectivity index (χ4v) is 3.25. The van der Waals surface area contributed by atoms with Gasteiger partial charge in [0.2, 0.25) is 0 Å². The Morgan fingerprint density at radius 1 is 1.25 bits per heavy atom. The summed E-state index contributed by atoms with van der Waals surface area (Å²) in [6.45, 7) is 4.04. The average molecular weight is 496 g/mol. The zero-order valence-electron chi connectivity index (χ0n) is 16.5. The molecule has 6 nitrogen and oxygen atoms in total. The van der Waals surface area contributed by atoms with Gasteiger partial charge < -0.3 is 19.7 Å². The van der Waals surface area contributed by atoms with Crippen LogP contribution in [0.15, 0.2) is 53.7 Å². The van der Waals surface area contributed by atoms with E-state index >= 15 is 0 Å². The molecule has 2 aromatic rings. The van der Waals surface area contributed by atoms with Crippen LogP contribution in [-0.2, 0) is 17.9 Å². The molecule has 152 valence electrons. The molecule has 1 atom stereocenters. The summed E-state index contributed by atoms with van der Waals surface area (Å²) < 4.78 is 11.1. The van der Waals surface area contributed by atoms with Crippen LogP contribution in [-0.4, -0.2) is 49.7 Å². The third-order valence-electron chi connectivity index (χ3n) is 4.69. The lowest BCUT2D eigenvalue weighted by Crippen LogP contribution is -2.39. The lowest BCUT2D eigenvalue weighted by atomic mass is 10.1. The molecule has 0 bridgehead atoms. The second-order valence-electron chi connectivity index (χ2n) is 6.71. The van der Waals surface area contributed by atoms with E-state index in [1.165, 1.54) is 5.56 Å². The molecule has 0 saturated carbocycles. The van der Waals surface area contributed by atoms with E-state index < -0.39 is 0 Å². The highest BCUT2D eigenvalue weighted by molar-refractivity contribution is 14.0. The van der Waals surface area contributed by atoms with Crippen molar-refractivity contribution in [3.8, 4) is 5.75 Å². The maximum Gasteiger partial charge on any atom is 0.193 e. The monoisotopic (exact) mass is 496 g/mol. The molecule has 28 heavy (non-hydrogen) atoms. The molecule has 1 aromatic carbocycles. The van der Waals surface area contributed by atoms with Gasteiger partial charge >= 0.3 is 0 Å². The molecular weight excluding hydrogens is 467 g/mol. The number of hydrogen-bond donors (Lipinski definition) is 1. The van der Waals surface area contributed by atoms with Crippen molar-refractivity contribution in [3.63, 3.8) is 0 Å². The molecule has 1 aliphatic heterocycles. The van der Waals surface area contributed by atoms with Crippen LogP contribution in [0, 0.1) is 5.92 Å². The molecule has 0 radical (unpaired) electrons. The number of benzene rings is 1. The molecular formula is C21H29IN4O2. The van der Waals surface area contributed by atoms with Gasteiger partial charge in [-0.25, -0.2) is 0 Å². The molecule has 2 heterocycles. The number of aliphatic imine (C=N–C) groups is 1. The fraction of sp³-hybridized carbons (Fsp3) is 0.429. The number of hydrogen-bond acceptors (Lipinski definition) is 4. The van der Waals surface area contributed by atoms with Crippen LogP contribution in [0.3, 0.4) is 0 Å². The van der Waals surface area contributed by atoms with E-state index in [2.05, 4.69) is 32.3 Å². The molecule has 3 rings (SSSR count). The molecule has 0 aliphatic carbocycles. The van der Waals surface area contributed by atoms with Gasteiger partial charge in [-0.1, -0.05) is 18.2 Å². The first-order chi connectivity index (χ1) is 13.3. The van der Waals surface area contributed by atoms with Crippen molar-refractivity contribution in [3.05, 3.63) is 59.9 Å². The molecule has 1 N–H and O–H groups in total. The number of methoxy groups -OCH3 is 1. The van der Waals surface area contributed by atoms with E-state index in [4.69, 9.17) is 9.47 Å². The van der Waals surface area contributed by atoms with Crippen molar-refractivity contribution in [2.75, 3.05) is 33.9 Å². The Bertz CT molecular complexity index is 725. The molecule has 7 heteroatoms. The Labute approximate surface area is 184 Å². The van der Waals surface area contributed by atoms with Gasteiger partial charge in [0.05, 0.1) is 12.3 Å². The zero-order chi connectivity index (χ0) is 18.9. The van der Waals surface area contributed by atoms with E-state index in [0.717, 1.165) is 50.1 Å². The first kappa shape index (κ1) is 22.4. The van der Waals surface area contributed by atoms with Crippen molar-refractivity contribution in [1.29, 1.82) is 0 Å². The van der Waals surface area contributed by atoms with Crippen LogP contribution in [0.4, 0.5) is 0 Å². The zero-order valence-corrected chi connectivity index (χ0v) is 18.8. The second-order valence-corrected chi connectivity index (χ2v) is 6.71. The number of nitrogens with zero attached hydrogens (tertiary/aromatic N) is 3. The van der Waals surface area contributed by atoms with Crippen molar-refractivity contribution in [2.24, 2.45) is 10.9 Å². The van der Waals surface area contributed by atoms with E-state index in [1.54, 1.807) is 13.3 Å². The van der Waals surface area contributed by atoms with Crippen molar-refractivity contribution < 1.29 is 9.47 Å². The molecule has 1 aromatic heterocycles. The summed E-state index contributed by atoms with van der Waals surface area (Å²) >= 11 is 0. The highest BCUT2D eigenvalue weighted by atomic mass is 127. The van der Waals surface area contributed by atoms with Gasteiger partial charge in [-0.05, 0) is 36.2 Å². The second kappa shape index (κ2) is 11.9. The number of ether oxygens (including phenoxy) is 2. The summed E-state index contributed by atoms with van der Waals surface area (Å²) in [5.41, 5.74) is 2.11. The number of likely N-dealkylation sites (tertiary alicyclic amines) is 1. The molecule has 1 fully saturated rings. The summed E-state index contributed by atoms with van der Waals surface area (Å²) in [6.07, 6.45) is 2.93. The Morgan fingerprint density at radius 3 is 2.75 bits per heavy atom. The molecule has 0 spiro atoms. The number of aromatic nitrogens is 1. The summed E-state index contributed by atoms with van der Waals surface area (Å²) in [4.78, 5) is 11.0. The van der Waals surface area contributed by atoms with E-state index in [-0.39, 0.29) is 24.0 Å². The van der Waals surface area contributed by atoms with Crippen molar-refractivity contribution in [1.82, 2.24) is 15.2 Å². The number of halogens is 1. The number of nitrogens with one attached hydrogen (secondary N) is 1. The minimum atomic E-state index is 0. The quantitative estimate of drug-likeness (QED) is 0.362. The SMILES string of the molecule is CN=C(NCc1ccc(OCc2ccccn2)cc1)N1CCC(COC)C1.I. The molecule has 1 saturated heterocycles. The van der Waals surface area contributed by atoms with Gasteiger partial charge in [0, 0.05) is 45.9 Å². The summed E-state index contributed by atoms with van der Waals surface area (Å²) in [5, 5.41) is 3.45. The standard InChI is InChI=1S/C21H28N4O2.HI/c1-22-21(25-12-10-18(14-25)15-26-2)24-13-17-6-8-20(9-7-17)27-16-19-5-3-4-11-23-19;/h3-9,11,18H,10,12-16H2,1-2H3,(H,22,24);1H. The predicted molar refractivity (Wildman–Crippen MR) is 122 cm³/mol. The first-order valence-corrected chi connectivity index (χ1v) is 9.34. The Hall–Kier alpha value is -1.87. The lowest BCUT2D eigenvalue weighted by molar-refractivity contribution is 0.157. The van der Waals surface area contributed by atoms with Crippen LogP contribution in [0.5, 0.6) is 5.75 Å². The number of rotatable bonds is 7. The molecule has 1 aliphatic rings. The molecule has 1 unspecified atom stereocenters. The Balaban J connectivity index is 0.00000280. The predicted octanol–water partition coefficient (Wildman–Crippen LogP) is 3.32. The van der Waals surface area contributed by atoms with E-state index in [1.807, 2.05) is 37.4 Å². The van der Waals surface area contributed by atoms with Crippen LogP contribution in [0.2, 0.25) is 0 Å². The van der Waals surface area contributed by atoms with Crippen molar-refractivity contribution >= 4 is 29.9 Å². The van der Waals surface area contributed by atoms with Crippen molar-refractivity contribution in [2.45, 2.75) is 19.6 Å². The van der Waals surface area contributed by atoms with Crippen LogP contribution >= 0.6 is 24.0 Å². The Morgan fingerprint density at radius 2 is 2.07 bits per heavy atom. The number of guanidine groups is 1. The third kappa shape index (κ3) is 6.63. The highest BCUT2D eigenvalue weighted by Gasteiger charge is 2.24. The lowest BCUT2D eigenvalue weighted by Gasteiger charge is -2.21. The smallest absolute Gasteiger partial charge is 0.193 e. The van der Waals surface area contributed by atoms with Gasteiger partial charge in [-0.2, -0.15) is 0 Å². The Kier molecular flexibility index (Phi) is 9.49. The maximum atomic E-state index is 5.78. The largest absolute Gasteiger partial charge is 0.487 e. The van der Waals surface area contributed by atoms with Crippen LogP contribution in [0.1, 0.15) is 17.7 Å². The summed E-state index contributed by atoms with van der Waals surface area (Å²) in [7, 11) is 3.60. The van der Waals surface area contributed by atoms with Gasteiger partial charge in [-0.15, -0.1) is 24.0 Å².